The third-order valence-corrected chi connectivity index (χ3v) is 7.07. The minimum Gasteiger partial charge on any atom is -0.492 e. The summed E-state index contributed by atoms with van der Waals surface area (Å²) in [5.41, 5.74) is 4.60. The highest BCUT2D eigenvalue weighted by molar-refractivity contribution is 9.10. The molecule has 1 aromatic heterocycles. The maximum Gasteiger partial charge on any atom is 0.255 e. The van der Waals surface area contributed by atoms with E-state index in [2.05, 4.69) is 53.3 Å². The van der Waals surface area contributed by atoms with Crippen LogP contribution < -0.4 is 10.1 Å². The van der Waals surface area contributed by atoms with Crippen LogP contribution in [0.4, 0.5) is 5.69 Å². The zero-order valence-electron chi connectivity index (χ0n) is 18.9. The van der Waals surface area contributed by atoms with Gasteiger partial charge in [-0.1, -0.05) is 32.3 Å². The summed E-state index contributed by atoms with van der Waals surface area (Å²) in [7, 11) is 0. The van der Waals surface area contributed by atoms with Gasteiger partial charge >= 0.3 is 0 Å². The Bertz CT molecular complexity index is 1250. The van der Waals surface area contributed by atoms with Crippen molar-refractivity contribution in [3.8, 4) is 16.3 Å². The Morgan fingerprint density at radius 1 is 1.03 bits per heavy atom. The number of hydrogen-bond acceptors (Lipinski definition) is 4. The van der Waals surface area contributed by atoms with Gasteiger partial charge in [0.15, 0.2) is 0 Å². The monoisotopic (exact) mass is 522 g/mol. The summed E-state index contributed by atoms with van der Waals surface area (Å²) >= 11 is 5.20. The van der Waals surface area contributed by atoms with Gasteiger partial charge in [-0.3, -0.25) is 4.79 Å². The molecule has 0 atom stereocenters. The Balaban J connectivity index is 1.38. The van der Waals surface area contributed by atoms with Gasteiger partial charge in [0.25, 0.3) is 5.91 Å². The number of carbonyl (C=O) groups excluding carboxylic acids is 1. The lowest BCUT2D eigenvalue weighted by Crippen LogP contribution is -2.12. The van der Waals surface area contributed by atoms with E-state index < -0.39 is 0 Å². The van der Waals surface area contributed by atoms with Crippen LogP contribution in [0.15, 0.2) is 65.1 Å². The van der Waals surface area contributed by atoms with Crippen molar-refractivity contribution < 1.29 is 9.53 Å². The number of aryl methyl sites for hydroxylation is 1. The Morgan fingerprint density at radius 3 is 2.61 bits per heavy atom. The quantitative estimate of drug-likeness (QED) is 0.225. The fourth-order valence-corrected chi connectivity index (χ4v) is 5.09. The summed E-state index contributed by atoms with van der Waals surface area (Å²) in [6.45, 7) is 4.97. The van der Waals surface area contributed by atoms with Crippen LogP contribution in [0, 0.1) is 6.92 Å². The topological polar surface area (TPSA) is 51.2 Å². The Hall–Kier alpha value is -2.70. The maximum absolute atomic E-state index is 12.7. The molecule has 0 saturated heterocycles. The predicted octanol–water partition coefficient (Wildman–Crippen LogP) is 8.25. The van der Waals surface area contributed by atoms with Crippen molar-refractivity contribution in [3.05, 3.63) is 76.3 Å². The van der Waals surface area contributed by atoms with Crippen LogP contribution in [-0.2, 0) is 0 Å². The number of anilines is 1. The van der Waals surface area contributed by atoms with E-state index in [4.69, 9.17) is 9.72 Å². The maximum atomic E-state index is 12.7. The molecule has 0 bridgehead atoms. The van der Waals surface area contributed by atoms with E-state index in [9.17, 15) is 4.79 Å². The van der Waals surface area contributed by atoms with Crippen LogP contribution >= 0.6 is 27.3 Å². The highest BCUT2D eigenvalue weighted by atomic mass is 79.9. The second-order valence-electron chi connectivity index (χ2n) is 8.08. The van der Waals surface area contributed by atoms with E-state index in [0.717, 1.165) is 38.4 Å². The lowest BCUT2D eigenvalue weighted by atomic mass is 10.1. The molecule has 0 aliphatic carbocycles. The molecule has 1 amide bonds. The molecule has 170 valence electrons. The number of thiazole rings is 1. The average Bonchev–Trinajstić information content (AvgIpc) is 3.23. The molecule has 0 spiro atoms. The highest BCUT2D eigenvalue weighted by Crippen LogP contribution is 2.31. The number of rotatable bonds is 9. The van der Waals surface area contributed by atoms with Crippen molar-refractivity contribution >= 4 is 49.1 Å². The summed E-state index contributed by atoms with van der Waals surface area (Å²) < 4.78 is 7.80. The molecule has 1 N–H and O–H groups in total. The number of unbranched alkanes of at least 4 members (excludes halogenated alkanes) is 3. The SMILES string of the molecule is CCCCCCOc1ccc(C(=O)Nc2ccc(-c3nc4ccc(C)cc4s3)cc2)cc1Br. The molecule has 4 aromatic rings. The van der Waals surface area contributed by atoms with E-state index in [1.54, 1.807) is 23.5 Å². The van der Waals surface area contributed by atoms with E-state index in [-0.39, 0.29) is 5.91 Å². The van der Waals surface area contributed by atoms with Crippen LogP contribution in [0.5, 0.6) is 5.75 Å². The highest BCUT2D eigenvalue weighted by Gasteiger charge is 2.11. The second-order valence-corrected chi connectivity index (χ2v) is 9.96. The van der Waals surface area contributed by atoms with Crippen LogP contribution in [0.2, 0.25) is 0 Å². The van der Waals surface area contributed by atoms with Crippen LogP contribution in [0.1, 0.15) is 48.5 Å². The molecule has 4 nitrogen and oxygen atoms in total. The molecule has 6 heteroatoms. The molecule has 0 saturated carbocycles. The van der Waals surface area contributed by atoms with Gasteiger partial charge in [-0.05, 0) is 89.4 Å². The first-order chi connectivity index (χ1) is 16.0. The van der Waals surface area contributed by atoms with Gasteiger partial charge in [0.05, 0.1) is 21.3 Å². The number of aromatic nitrogens is 1. The third kappa shape index (κ3) is 6.01. The fourth-order valence-electron chi connectivity index (χ4n) is 3.52. The first-order valence-corrected chi connectivity index (χ1v) is 12.9. The number of hydrogen-bond donors (Lipinski definition) is 1. The summed E-state index contributed by atoms with van der Waals surface area (Å²) in [4.78, 5) is 17.5. The Kier molecular flexibility index (Phi) is 7.78. The second kappa shape index (κ2) is 10.9. The number of nitrogens with one attached hydrogen (secondary N) is 1. The summed E-state index contributed by atoms with van der Waals surface area (Å²) in [5.74, 6) is 0.604. The van der Waals surface area contributed by atoms with Crippen molar-refractivity contribution in [1.82, 2.24) is 4.98 Å². The first kappa shape index (κ1) is 23.5. The summed E-state index contributed by atoms with van der Waals surface area (Å²) in [6, 6.07) is 19.5. The lowest BCUT2D eigenvalue weighted by Gasteiger charge is -2.10. The molecule has 0 aliphatic rings. The van der Waals surface area contributed by atoms with Crippen LogP contribution in [0.25, 0.3) is 20.8 Å². The summed E-state index contributed by atoms with van der Waals surface area (Å²) in [6.07, 6.45) is 4.64. The largest absolute Gasteiger partial charge is 0.492 e. The predicted molar refractivity (Wildman–Crippen MR) is 142 cm³/mol. The molecule has 0 unspecified atom stereocenters. The summed E-state index contributed by atoms with van der Waals surface area (Å²) in [5, 5.41) is 3.94. The minimum absolute atomic E-state index is 0.159. The van der Waals surface area contributed by atoms with Crippen molar-refractivity contribution in [2.45, 2.75) is 39.5 Å². The van der Waals surface area contributed by atoms with Gasteiger partial charge in [0, 0.05) is 16.8 Å². The van der Waals surface area contributed by atoms with Gasteiger partial charge in [0.1, 0.15) is 10.8 Å². The van der Waals surface area contributed by atoms with E-state index in [0.29, 0.717) is 12.2 Å². The number of amides is 1. The number of benzene rings is 3. The van der Waals surface area contributed by atoms with Crippen molar-refractivity contribution in [2.24, 2.45) is 0 Å². The number of carbonyl (C=O) groups is 1. The number of halogens is 1. The minimum atomic E-state index is -0.159. The first-order valence-electron chi connectivity index (χ1n) is 11.2. The number of fused-ring (bicyclic) bond motifs is 1. The molecule has 3 aromatic carbocycles. The molecule has 1 heterocycles. The van der Waals surface area contributed by atoms with E-state index >= 15 is 0 Å². The fraction of sp³-hybridized carbons (Fsp3) is 0.259. The van der Waals surface area contributed by atoms with Gasteiger partial charge in [-0.2, -0.15) is 0 Å². The van der Waals surface area contributed by atoms with Crippen LogP contribution in [0.3, 0.4) is 0 Å². The molecule has 0 aliphatic heterocycles. The Morgan fingerprint density at radius 2 is 1.85 bits per heavy atom. The lowest BCUT2D eigenvalue weighted by molar-refractivity contribution is 0.102. The van der Waals surface area contributed by atoms with E-state index in [1.165, 1.54) is 29.5 Å². The molecule has 0 radical (unpaired) electrons. The molecule has 33 heavy (non-hydrogen) atoms. The van der Waals surface area contributed by atoms with Gasteiger partial charge in [-0.15, -0.1) is 11.3 Å². The van der Waals surface area contributed by atoms with Crippen LogP contribution in [-0.4, -0.2) is 17.5 Å². The average molecular weight is 523 g/mol. The molecular weight excluding hydrogens is 496 g/mol. The van der Waals surface area contributed by atoms with Gasteiger partial charge < -0.3 is 10.1 Å². The molecule has 4 rings (SSSR count). The number of ether oxygens (including phenoxy) is 1. The standard InChI is InChI=1S/C27H27BrN2O2S/c1-3-4-5-6-15-32-24-14-10-20(17-22(24)28)26(31)29-21-11-8-19(9-12-21)27-30-23-13-7-18(2)16-25(23)33-27/h7-14,16-17H,3-6,15H2,1-2H3,(H,29,31). The smallest absolute Gasteiger partial charge is 0.255 e. The molecular formula is C27H27BrN2O2S. The Labute approximate surface area is 207 Å². The molecule has 0 fully saturated rings. The van der Waals surface area contributed by atoms with E-state index in [1.807, 2.05) is 30.3 Å². The number of nitrogens with zero attached hydrogens (tertiary/aromatic N) is 1. The zero-order valence-corrected chi connectivity index (χ0v) is 21.3. The van der Waals surface area contributed by atoms with Crippen molar-refractivity contribution in [2.75, 3.05) is 11.9 Å². The zero-order chi connectivity index (χ0) is 23.2. The van der Waals surface area contributed by atoms with Crippen molar-refractivity contribution in [3.63, 3.8) is 0 Å². The normalized spacial score (nSPS) is 11.0. The van der Waals surface area contributed by atoms with Gasteiger partial charge in [0.2, 0.25) is 0 Å². The third-order valence-electron chi connectivity index (χ3n) is 5.38. The van der Waals surface area contributed by atoms with Gasteiger partial charge in [-0.25, -0.2) is 4.98 Å². The van der Waals surface area contributed by atoms with Crippen molar-refractivity contribution in [1.29, 1.82) is 0 Å².